The van der Waals surface area contributed by atoms with Crippen molar-refractivity contribution in [2.45, 2.75) is 32.1 Å². The number of hydrogen-bond acceptors (Lipinski definition) is 3. The Morgan fingerprint density at radius 2 is 1.88 bits per heavy atom. The van der Waals surface area contributed by atoms with Gasteiger partial charge in [0.1, 0.15) is 0 Å². The van der Waals surface area contributed by atoms with E-state index in [0.717, 1.165) is 19.5 Å². The van der Waals surface area contributed by atoms with Crippen LogP contribution >= 0.6 is 0 Å². The second-order valence-electron chi connectivity index (χ2n) is 4.70. The van der Waals surface area contributed by atoms with Crippen molar-refractivity contribution in [1.29, 1.82) is 0 Å². The normalized spacial score (nSPS) is 17.1. The third kappa shape index (κ3) is 6.08. The maximum Gasteiger partial charge on any atom is 0.303 e. The van der Waals surface area contributed by atoms with E-state index in [1.165, 1.54) is 38.9 Å². The Morgan fingerprint density at radius 3 is 2.50 bits per heavy atom. The van der Waals surface area contributed by atoms with E-state index in [1.807, 2.05) is 0 Å². The molecule has 1 N–H and O–H groups in total. The minimum absolute atomic E-state index is 0.288. The van der Waals surface area contributed by atoms with Gasteiger partial charge in [0.2, 0.25) is 0 Å². The highest BCUT2D eigenvalue weighted by molar-refractivity contribution is 5.66. The third-order valence-corrected chi connectivity index (χ3v) is 3.14. The highest BCUT2D eigenvalue weighted by atomic mass is 16.4. The number of hydrogen-bond donors (Lipinski definition) is 1. The number of carboxylic acid groups (broad SMARTS) is 1. The van der Waals surface area contributed by atoms with Crippen molar-refractivity contribution in [1.82, 2.24) is 9.80 Å². The van der Waals surface area contributed by atoms with Gasteiger partial charge in [-0.15, -0.1) is 0 Å². The molecular formula is C12H24N2O2. The Morgan fingerprint density at radius 1 is 1.25 bits per heavy atom. The minimum Gasteiger partial charge on any atom is -0.481 e. The molecule has 0 unspecified atom stereocenters. The molecule has 0 radical (unpaired) electrons. The van der Waals surface area contributed by atoms with E-state index < -0.39 is 5.97 Å². The molecule has 1 heterocycles. The lowest BCUT2D eigenvalue weighted by atomic mass is 10.3. The number of likely N-dealkylation sites (tertiary alicyclic amines) is 1. The van der Waals surface area contributed by atoms with Crippen LogP contribution in [-0.4, -0.2) is 60.6 Å². The van der Waals surface area contributed by atoms with Gasteiger partial charge in [-0.2, -0.15) is 0 Å². The van der Waals surface area contributed by atoms with Crippen molar-refractivity contribution in [2.75, 3.05) is 39.8 Å². The Balaban J connectivity index is 1.92. The van der Waals surface area contributed by atoms with Crippen LogP contribution in [-0.2, 0) is 4.79 Å². The standard InChI is InChI=1S/C12H24N2O2/c1-13(7-4-6-12(15)16)8-5-11-14-9-2-3-10-14/h2-11H2,1H3,(H,15,16). The highest BCUT2D eigenvalue weighted by Gasteiger charge is 2.10. The first-order valence-corrected chi connectivity index (χ1v) is 6.31. The third-order valence-electron chi connectivity index (χ3n) is 3.14. The van der Waals surface area contributed by atoms with Gasteiger partial charge >= 0.3 is 5.97 Å². The molecule has 0 aliphatic carbocycles. The van der Waals surface area contributed by atoms with E-state index in [-0.39, 0.29) is 6.42 Å². The maximum absolute atomic E-state index is 10.3. The van der Waals surface area contributed by atoms with E-state index >= 15 is 0 Å². The van der Waals surface area contributed by atoms with Gasteiger partial charge in [-0.25, -0.2) is 0 Å². The van der Waals surface area contributed by atoms with Gasteiger partial charge in [0.05, 0.1) is 0 Å². The molecule has 0 spiro atoms. The summed E-state index contributed by atoms with van der Waals surface area (Å²) < 4.78 is 0. The van der Waals surface area contributed by atoms with Crippen molar-refractivity contribution >= 4 is 5.97 Å². The summed E-state index contributed by atoms with van der Waals surface area (Å²) >= 11 is 0. The lowest BCUT2D eigenvalue weighted by Crippen LogP contribution is -2.27. The van der Waals surface area contributed by atoms with Crippen molar-refractivity contribution in [3.05, 3.63) is 0 Å². The maximum atomic E-state index is 10.3. The van der Waals surface area contributed by atoms with Crippen LogP contribution in [0.1, 0.15) is 32.1 Å². The van der Waals surface area contributed by atoms with Gasteiger partial charge in [0.25, 0.3) is 0 Å². The van der Waals surface area contributed by atoms with E-state index in [0.29, 0.717) is 0 Å². The Hall–Kier alpha value is -0.610. The lowest BCUT2D eigenvalue weighted by molar-refractivity contribution is -0.137. The summed E-state index contributed by atoms with van der Waals surface area (Å²) in [6, 6.07) is 0. The Bertz CT molecular complexity index is 203. The fourth-order valence-electron chi connectivity index (χ4n) is 2.18. The van der Waals surface area contributed by atoms with Gasteiger partial charge in [-0.1, -0.05) is 0 Å². The largest absolute Gasteiger partial charge is 0.481 e. The zero-order valence-electron chi connectivity index (χ0n) is 10.3. The molecule has 1 aliphatic heterocycles. The summed E-state index contributed by atoms with van der Waals surface area (Å²) in [7, 11) is 2.08. The van der Waals surface area contributed by atoms with Crippen molar-refractivity contribution in [3.63, 3.8) is 0 Å². The molecular weight excluding hydrogens is 204 g/mol. The van der Waals surface area contributed by atoms with Crippen LogP contribution in [0.5, 0.6) is 0 Å². The van der Waals surface area contributed by atoms with E-state index in [1.54, 1.807) is 0 Å². The van der Waals surface area contributed by atoms with E-state index in [4.69, 9.17) is 5.11 Å². The second kappa shape index (κ2) is 7.63. The molecule has 1 rings (SSSR count). The summed E-state index contributed by atoms with van der Waals surface area (Å²) in [5, 5.41) is 8.52. The molecule has 0 atom stereocenters. The number of carboxylic acids is 1. The smallest absolute Gasteiger partial charge is 0.303 e. The first-order chi connectivity index (χ1) is 7.68. The monoisotopic (exact) mass is 228 g/mol. The fourth-order valence-corrected chi connectivity index (χ4v) is 2.18. The molecule has 0 aromatic rings. The molecule has 0 aromatic carbocycles. The van der Waals surface area contributed by atoms with Crippen molar-refractivity contribution in [2.24, 2.45) is 0 Å². The summed E-state index contributed by atoms with van der Waals surface area (Å²) in [5.41, 5.74) is 0. The topological polar surface area (TPSA) is 43.8 Å². The van der Waals surface area contributed by atoms with E-state index in [9.17, 15) is 4.79 Å². The average molecular weight is 228 g/mol. The lowest BCUT2D eigenvalue weighted by Gasteiger charge is -2.19. The summed E-state index contributed by atoms with van der Waals surface area (Å²) in [5.74, 6) is -0.689. The molecule has 0 bridgehead atoms. The molecule has 0 amide bonds. The van der Waals surface area contributed by atoms with Crippen LogP contribution in [0.25, 0.3) is 0 Å². The highest BCUT2D eigenvalue weighted by Crippen LogP contribution is 2.07. The van der Waals surface area contributed by atoms with Crippen LogP contribution in [0.3, 0.4) is 0 Å². The molecule has 1 fully saturated rings. The zero-order chi connectivity index (χ0) is 11.8. The Kier molecular flexibility index (Phi) is 6.42. The predicted molar refractivity (Wildman–Crippen MR) is 64.7 cm³/mol. The van der Waals surface area contributed by atoms with Crippen molar-refractivity contribution < 1.29 is 9.90 Å². The quantitative estimate of drug-likeness (QED) is 0.679. The SMILES string of the molecule is CN(CCCC(=O)O)CCCN1CCCC1. The summed E-state index contributed by atoms with van der Waals surface area (Å²) in [6.45, 7) is 5.71. The van der Waals surface area contributed by atoms with Crippen molar-refractivity contribution in [3.8, 4) is 0 Å². The van der Waals surface area contributed by atoms with Gasteiger partial charge in [0.15, 0.2) is 0 Å². The zero-order valence-corrected chi connectivity index (χ0v) is 10.3. The average Bonchev–Trinajstić information content (AvgIpc) is 2.70. The molecule has 1 aliphatic rings. The fraction of sp³-hybridized carbons (Fsp3) is 0.917. The summed E-state index contributed by atoms with van der Waals surface area (Å²) in [6.07, 6.45) is 4.96. The van der Waals surface area contributed by atoms with Gasteiger partial charge in [-0.3, -0.25) is 4.79 Å². The van der Waals surface area contributed by atoms with E-state index in [2.05, 4.69) is 16.8 Å². The number of rotatable bonds is 8. The molecule has 16 heavy (non-hydrogen) atoms. The number of carbonyl (C=O) groups is 1. The van der Waals surface area contributed by atoms with Crippen LogP contribution in [0.15, 0.2) is 0 Å². The molecule has 4 heteroatoms. The predicted octanol–water partition coefficient (Wildman–Crippen LogP) is 1.27. The minimum atomic E-state index is -0.689. The first-order valence-electron chi connectivity index (χ1n) is 6.31. The second-order valence-corrected chi connectivity index (χ2v) is 4.70. The molecule has 4 nitrogen and oxygen atoms in total. The van der Waals surface area contributed by atoms with Crippen LogP contribution in [0.2, 0.25) is 0 Å². The van der Waals surface area contributed by atoms with Gasteiger partial charge in [-0.05, 0) is 65.5 Å². The molecule has 0 aromatic heterocycles. The van der Waals surface area contributed by atoms with Gasteiger partial charge < -0.3 is 14.9 Å². The summed E-state index contributed by atoms with van der Waals surface area (Å²) in [4.78, 5) is 15.1. The molecule has 1 saturated heterocycles. The van der Waals surface area contributed by atoms with Crippen LogP contribution < -0.4 is 0 Å². The molecule has 0 saturated carbocycles. The Labute approximate surface area is 98.2 Å². The first kappa shape index (κ1) is 13.5. The van der Waals surface area contributed by atoms with Crippen LogP contribution in [0, 0.1) is 0 Å². The van der Waals surface area contributed by atoms with Crippen LogP contribution in [0.4, 0.5) is 0 Å². The number of aliphatic carboxylic acids is 1. The molecule has 94 valence electrons. The number of nitrogens with zero attached hydrogens (tertiary/aromatic N) is 2. The van der Waals surface area contributed by atoms with Gasteiger partial charge in [0, 0.05) is 6.42 Å².